The van der Waals surface area contributed by atoms with Crippen LogP contribution in [0.25, 0.3) is 0 Å². The monoisotopic (exact) mass is 156 g/mol. The summed E-state index contributed by atoms with van der Waals surface area (Å²) in [6.07, 6.45) is 5.17. The van der Waals surface area contributed by atoms with Crippen molar-refractivity contribution in [2.45, 2.75) is 32.6 Å². The summed E-state index contributed by atoms with van der Waals surface area (Å²) in [6, 6.07) is 0. The number of ether oxygens (including phenoxy) is 1. The smallest absolute Gasteiger partial charge is 0.305 e. The van der Waals surface area contributed by atoms with Gasteiger partial charge in [0.15, 0.2) is 0 Å². The van der Waals surface area contributed by atoms with Crippen LogP contribution in [0.1, 0.15) is 32.6 Å². The Labute approximate surface area is 67.9 Å². The van der Waals surface area contributed by atoms with E-state index in [-0.39, 0.29) is 5.97 Å². The molecule has 64 valence electrons. The third-order valence-corrected chi connectivity index (χ3v) is 2.49. The van der Waals surface area contributed by atoms with Gasteiger partial charge in [-0.2, -0.15) is 0 Å². The predicted molar refractivity (Wildman–Crippen MR) is 43.1 cm³/mol. The van der Waals surface area contributed by atoms with Gasteiger partial charge in [0.25, 0.3) is 0 Å². The third kappa shape index (κ3) is 2.52. The van der Waals surface area contributed by atoms with Gasteiger partial charge in [0, 0.05) is 6.42 Å². The standard InChI is InChI=1S/C5H8.C4H8O2/c1-2-5-3-4(1)5;1-3-4(5)6-2/h4-5H,1-3H2;3H2,1-2H3. The molecule has 2 rings (SSSR count). The summed E-state index contributed by atoms with van der Waals surface area (Å²) in [5.74, 6) is 2.31. The zero-order chi connectivity index (χ0) is 8.27. The van der Waals surface area contributed by atoms with Crippen molar-refractivity contribution in [1.82, 2.24) is 0 Å². The summed E-state index contributed by atoms with van der Waals surface area (Å²) in [5, 5.41) is 0. The Morgan fingerprint density at radius 1 is 1.45 bits per heavy atom. The lowest BCUT2D eigenvalue weighted by Crippen LogP contribution is -1.94. The lowest BCUT2D eigenvalue weighted by Gasteiger charge is -2.04. The Balaban J connectivity index is 0.000000110. The average molecular weight is 156 g/mol. The van der Waals surface area contributed by atoms with Gasteiger partial charge in [-0.3, -0.25) is 4.79 Å². The first-order valence-electron chi connectivity index (χ1n) is 4.34. The number of hydrogen-bond donors (Lipinski definition) is 0. The van der Waals surface area contributed by atoms with E-state index in [2.05, 4.69) is 4.74 Å². The van der Waals surface area contributed by atoms with Crippen LogP contribution in [-0.2, 0) is 9.53 Å². The van der Waals surface area contributed by atoms with Crippen molar-refractivity contribution in [3.8, 4) is 0 Å². The second kappa shape index (κ2) is 3.74. The predicted octanol–water partition coefficient (Wildman–Crippen LogP) is 1.99. The van der Waals surface area contributed by atoms with Crippen molar-refractivity contribution >= 4 is 5.97 Å². The maximum absolute atomic E-state index is 9.96. The first kappa shape index (κ1) is 8.57. The Morgan fingerprint density at radius 2 is 2.00 bits per heavy atom. The van der Waals surface area contributed by atoms with Crippen LogP contribution >= 0.6 is 0 Å². The molecule has 0 amide bonds. The van der Waals surface area contributed by atoms with E-state index in [1.165, 1.54) is 18.9 Å². The topological polar surface area (TPSA) is 26.3 Å². The van der Waals surface area contributed by atoms with Crippen LogP contribution in [0.4, 0.5) is 0 Å². The fourth-order valence-electron chi connectivity index (χ4n) is 1.33. The first-order chi connectivity index (χ1) is 5.27. The zero-order valence-corrected chi connectivity index (χ0v) is 7.30. The second-order valence-electron chi connectivity index (χ2n) is 3.26. The highest BCUT2D eigenvalue weighted by Gasteiger charge is 2.44. The highest BCUT2D eigenvalue weighted by atomic mass is 16.5. The second-order valence-corrected chi connectivity index (χ2v) is 3.26. The molecule has 2 fully saturated rings. The van der Waals surface area contributed by atoms with Crippen LogP contribution in [0.3, 0.4) is 0 Å². The Hall–Kier alpha value is -0.530. The van der Waals surface area contributed by atoms with Crippen LogP contribution in [0.2, 0.25) is 0 Å². The number of hydrogen-bond acceptors (Lipinski definition) is 2. The lowest BCUT2D eigenvalue weighted by atomic mass is 10.0. The molecule has 0 aromatic heterocycles. The molecule has 0 aliphatic heterocycles. The fraction of sp³-hybridized carbons (Fsp3) is 0.889. The van der Waals surface area contributed by atoms with Gasteiger partial charge in [-0.1, -0.05) is 6.92 Å². The molecule has 2 nitrogen and oxygen atoms in total. The minimum absolute atomic E-state index is 0.157. The van der Waals surface area contributed by atoms with Crippen LogP contribution in [-0.4, -0.2) is 13.1 Å². The van der Waals surface area contributed by atoms with Crippen molar-refractivity contribution in [2.75, 3.05) is 7.11 Å². The number of esters is 1. The van der Waals surface area contributed by atoms with E-state index in [0.717, 1.165) is 0 Å². The summed E-state index contributed by atoms with van der Waals surface area (Å²) in [5.41, 5.74) is 0. The van der Waals surface area contributed by atoms with Crippen LogP contribution in [0.15, 0.2) is 0 Å². The first-order valence-corrected chi connectivity index (χ1v) is 4.34. The summed E-state index contributed by atoms with van der Waals surface area (Å²) in [6.45, 7) is 1.76. The molecule has 11 heavy (non-hydrogen) atoms. The molecule has 0 aromatic carbocycles. The Bertz CT molecular complexity index is 124. The maximum Gasteiger partial charge on any atom is 0.305 e. The minimum atomic E-state index is -0.157. The molecule has 0 saturated heterocycles. The quantitative estimate of drug-likeness (QED) is 0.543. The van der Waals surface area contributed by atoms with Gasteiger partial charge >= 0.3 is 5.97 Å². The SMILES string of the molecule is C1CC2CC12.CCC(=O)OC. The molecule has 2 saturated carbocycles. The Morgan fingerprint density at radius 3 is 2.00 bits per heavy atom. The van der Waals surface area contributed by atoms with Crippen molar-refractivity contribution in [3.63, 3.8) is 0 Å². The molecule has 0 bridgehead atoms. The van der Waals surface area contributed by atoms with Crippen LogP contribution < -0.4 is 0 Å². The molecule has 0 radical (unpaired) electrons. The van der Waals surface area contributed by atoms with Crippen LogP contribution in [0, 0.1) is 11.8 Å². The number of carbonyl (C=O) groups excluding carboxylic acids is 1. The van der Waals surface area contributed by atoms with Gasteiger partial charge in [0.05, 0.1) is 7.11 Å². The van der Waals surface area contributed by atoms with Gasteiger partial charge < -0.3 is 4.74 Å². The highest BCUT2D eigenvalue weighted by molar-refractivity contribution is 5.68. The summed E-state index contributed by atoms with van der Waals surface area (Å²) in [4.78, 5) is 9.96. The molecular weight excluding hydrogens is 140 g/mol. The minimum Gasteiger partial charge on any atom is -0.469 e. The van der Waals surface area contributed by atoms with Crippen molar-refractivity contribution in [3.05, 3.63) is 0 Å². The molecule has 2 atom stereocenters. The van der Waals surface area contributed by atoms with E-state index in [1.807, 2.05) is 0 Å². The number of rotatable bonds is 1. The maximum atomic E-state index is 9.96. The van der Waals surface area contributed by atoms with Gasteiger partial charge in [0.1, 0.15) is 0 Å². The van der Waals surface area contributed by atoms with Gasteiger partial charge in [-0.25, -0.2) is 0 Å². The number of fused-ring (bicyclic) bond motifs is 1. The molecule has 0 N–H and O–H groups in total. The van der Waals surface area contributed by atoms with Crippen molar-refractivity contribution in [2.24, 2.45) is 11.8 Å². The van der Waals surface area contributed by atoms with Crippen molar-refractivity contribution in [1.29, 1.82) is 0 Å². The van der Waals surface area contributed by atoms with E-state index in [1.54, 1.807) is 26.2 Å². The lowest BCUT2D eigenvalue weighted by molar-refractivity contribution is -0.140. The van der Waals surface area contributed by atoms with E-state index in [9.17, 15) is 4.79 Å². The number of carbonyl (C=O) groups is 1. The molecule has 2 aliphatic carbocycles. The van der Waals surface area contributed by atoms with E-state index >= 15 is 0 Å². The molecule has 0 spiro atoms. The molecule has 2 aliphatic rings. The normalized spacial score (nSPS) is 30.4. The molecule has 0 heterocycles. The van der Waals surface area contributed by atoms with E-state index < -0.39 is 0 Å². The largest absolute Gasteiger partial charge is 0.469 e. The zero-order valence-electron chi connectivity index (χ0n) is 7.30. The van der Waals surface area contributed by atoms with E-state index in [4.69, 9.17) is 0 Å². The summed E-state index contributed by atoms with van der Waals surface area (Å²) in [7, 11) is 1.38. The molecule has 0 aromatic rings. The average Bonchev–Trinajstić information content (AvgIpc) is 2.58. The Kier molecular flexibility index (Phi) is 2.92. The van der Waals surface area contributed by atoms with E-state index in [0.29, 0.717) is 6.42 Å². The number of methoxy groups -OCH3 is 1. The molecular formula is C9H16O2. The third-order valence-electron chi connectivity index (χ3n) is 2.49. The van der Waals surface area contributed by atoms with Gasteiger partial charge in [0.2, 0.25) is 0 Å². The summed E-state index contributed by atoms with van der Waals surface area (Å²) >= 11 is 0. The summed E-state index contributed by atoms with van der Waals surface area (Å²) < 4.78 is 4.26. The molecule has 2 unspecified atom stereocenters. The fourth-order valence-corrected chi connectivity index (χ4v) is 1.33. The van der Waals surface area contributed by atoms with Gasteiger partial charge in [-0.15, -0.1) is 0 Å². The highest BCUT2D eigenvalue weighted by Crippen LogP contribution is 2.55. The van der Waals surface area contributed by atoms with Gasteiger partial charge in [-0.05, 0) is 31.1 Å². The van der Waals surface area contributed by atoms with Crippen molar-refractivity contribution < 1.29 is 9.53 Å². The molecule has 2 heteroatoms. The van der Waals surface area contributed by atoms with Crippen LogP contribution in [0.5, 0.6) is 0 Å².